The zero-order valence-electron chi connectivity index (χ0n) is 22.7. The second-order valence-electron chi connectivity index (χ2n) is 11.1. The van der Waals surface area contributed by atoms with Crippen LogP contribution in [0.1, 0.15) is 76.5 Å². The van der Waals surface area contributed by atoms with Crippen molar-refractivity contribution in [3.05, 3.63) is 64.2 Å². The molecular weight excluding hydrogens is 470 g/mol. The average Bonchev–Trinajstić information content (AvgIpc) is 3.14. The zero-order valence-corrected chi connectivity index (χ0v) is 23.5. The van der Waals surface area contributed by atoms with E-state index in [2.05, 4.69) is 43.4 Å². The Labute approximate surface area is 221 Å². The van der Waals surface area contributed by atoms with Crippen molar-refractivity contribution in [1.82, 2.24) is 5.32 Å². The molecule has 2 aromatic carbocycles. The van der Waals surface area contributed by atoms with E-state index in [1.165, 1.54) is 5.56 Å². The molecule has 0 aromatic heterocycles. The summed E-state index contributed by atoms with van der Waals surface area (Å²) in [4.78, 5) is 14.0. The molecule has 1 heterocycles. The van der Waals surface area contributed by atoms with Crippen molar-refractivity contribution in [2.45, 2.75) is 79.2 Å². The molecule has 3 rings (SSSR count). The maximum absolute atomic E-state index is 14.0. The molecule has 2 N–H and O–H groups in total. The molecule has 196 valence electrons. The number of anilines is 1. The Kier molecular flexibility index (Phi) is 9.23. The zero-order chi connectivity index (χ0) is 26.5. The molecular formula is C30H42ClN3O2. The van der Waals surface area contributed by atoms with E-state index in [0.717, 1.165) is 54.6 Å². The number of halogens is 1. The van der Waals surface area contributed by atoms with Gasteiger partial charge in [0.25, 0.3) is 0 Å². The highest BCUT2D eigenvalue weighted by molar-refractivity contribution is 6.30. The van der Waals surface area contributed by atoms with Gasteiger partial charge in [0.1, 0.15) is 5.54 Å². The van der Waals surface area contributed by atoms with E-state index >= 15 is 0 Å². The number of aliphatic hydroxyl groups is 1. The number of nitrogens with zero attached hydrogens (tertiary/aromatic N) is 2. The Morgan fingerprint density at radius 2 is 1.86 bits per heavy atom. The van der Waals surface area contributed by atoms with Crippen molar-refractivity contribution in [3.8, 4) is 0 Å². The summed E-state index contributed by atoms with van der Waals surface area (Å²) in [6, 6.07) is 14.2. The van der Waals surface area contributed by atoms with Crippen LogP contribution in [0.25, 0.3) is 0 Å². The van der Waals surface area contributed by atoms with Gasteiger partial charge in [-0.1, -0.05) is 75.0 Å². The fraction of sp³-hybridized carbons (Fsp3) is 0.533. The van der Waals surface area contributed by atoms with Crippen LogP contribution in [-0.2, 0) is 4.79 Å². The van der Waals surface area contributed by atoms with Crippen LogP contribution < -0.4 is 10.3 Å². The fourth-order valence-corrected chi connectivity index (χ4v) is 5.17. The Bertz CT molecular complexity index is 1080. The predicted molar refractivity (Wildman–Crippen MR) is 151 cm³/mol. The van der Waals surface area contributed by atoms with Gasteiger partial charge in [-0.25, -0.2) is 5.01 Å². The number of carbonyl (C=O) groups excluding carboxylic acids is 1. The van der Waals surface area contributed by atoms with Crippen LogP contribution in [0.2, 0.25) is 5.02 Å². The lowest BCUT2D eigenvalue weighted by atomic mass is 9.76. The van der Waals surface area contributed by atoms with E-state index < -0.39 is 5.54 Å². The minimum atomic E-state index is -0.888. The predicted octanol–water partition coefficient (Wildman–Crippen LogP) is 6.66. The number of rotatable bonds is 11. The number of aliphatic hydroxyl groups excluding tert-OH is 1. The smallest absolute Gasteiger partial charge is 0.248 e. The molecule has 0 aliphatic carbocycles. The highest BCUT2D eigenvalue weighted by atomic mass is 35.5. The highest BCUT2D eigenvalue weighted by Gasteiger charge is 2.53. The number of aryl methyl sites for hydroxylation is 2. The maximum Gasteiger partial charge on any atom is 0.248 e. The summed E-state index contributed by atoms with van der Waals surface area (Å²) in [7, 11) is 0. The minimum Gasteiger partial charge on any atom is -0.396 e. The summed E-state index contributed by atoms with van der Waals surface area (Å²) in [6.07, 6.45) is 4.57. The second-order valence-corrected chi connectivity index (χ2v) is 11.6. The van der Waals surface area contributed by atoms with Crippen molar-refractivity contribution in [1.29, 1.82) is 0 Å². The van der Waals surface area contributed by atoms with Crippen molar-refractivity contribution < 1.29 is 9.90 Å². The first kappa shape index (κ1) is 28.2. The van der Waals surface area contributed by atoms with Gasteiger partial charge in [-0.2, -0.15) is 5.10 Å². The lowest BCUT2D eigenvalue weighted by Crippen LogP contribution is -2.58. The molecule has 6 heteroatoms. The van der Waals surface area contributed by atoms with Gasteiger partial charge in [-0.05, 0) is 74.8 Å². The molecule has 0 spiro atoms. The van der Waals surface area contributed by atoms with E-state index in [4.69, 9.17) is 16.7 Å². The van der Waals surface area contributed by atoms with E-state index in [0.29, 0.717) is 11.6 Å². The van der Waals surface area contributed by atoms with Crippen LogP contribution in [0.15, 0.2) is 47.6 Å². The first-order chi connectivity index (χ1) is 17.0. The molecule has 2 unspecified atom stereocenters. The first-order valence-corrected chi connectivity index (χ1v) is 13.5. The van der Waals surface area contributed by atoms with E-state index in [9.17, 15) is 9.90 Å². The largest absolute Gasteiger partial charge is 0.396 e. The van der Waals surface area contributed by atoms with Gasteiger partial charge in [-0.15, -0.1) is 0 Å². The maximum atomic E-state index is 14.0. The summed E-state index contributed by atoms with van der Waals surface area (Å²) in [5.74, 6) is -0.0882. The van der Waals surface area contributed by atoms with Gasteiger partial charge >= 0.3 is 0 Å². The number of hydrazone groups is 1. The number of benzene rings is 2. The third kappa shape index (κ3) is 6.12. The van der Waals surface area contributed by atoms with Crippen LogP contribution in [-0.4, -0.2) is 35.4 Å². The van der Waals surface area contributed by atoms with Crippen molar-refractivity contribution in [3.63, 3.8) is 0 Å². The number of unbranched alkanes of at least 4 members (excludes halogenated alkanes) is 1. The topological polar surface area (TPSA) is 64.9 Å². The summed E-state index contributed by atoms with van der Waals surface area (Å²) >= 11 is 6.28. The fourth-order valence-electron chi connectivity index (χ4n) is 4.95. The summed E-state index contributed by atoms with van der Waals surface area (Å²) in [5.41, 5.74) is 4.03. The van der Waals surface area contributed by atoms with Gasteiger partial charge < -0.3 is 10.4 Å². The molecule has 2 aromatic rings. The highest BCUT2D eigenvalue weighted by Crippen LogP contribution is 2.43. The van der Waals surface area contributed by atoms with Crippen LogP contribution in [0.3, 0.4) is 0 Å². The normalized spacial score (nSPS) is 19.9. The number of carbonyl (C=O) groups is 1. The molecule has 0 saturated heterocycles. The standard InChI is InChI=1S/C30H42ClN3O2/c1-7-8-10-25-27(23-13-11-21(2)12-14-23)33-34(26-16-15-24(31)19-22(26)3)30(25,6)28(36)32-18-9-17-29(4,5)20-35/h11-16,19,25,35H,7-10,17-18,20H2,1-6H3,(H,32,36). The lowest BCUT2D eigenvalue weighted by molar-refractivity contribution is -0.126. The van der Waals surface area contributed by atoms with Crippen LogP contribution in [0.4, 0.5) is 5.69 Å². The van der Waals surface area contributed by atoms with Gasteiger partial charge in [-0.3, -0.25) is 4.79 Å². The molecule has 2 atom stereocenters. The molecule has 0 radical (unpaired) electrons. The average molecular weight is 512 g/mol. The number of nitrogens with one attached hydrogen (secondary N) is 1. The summed E-state index contributed by atoms with van der Waals surface area (Å²) in [5, 5.41) is 20.5. The summed E-state index contributed by atoms with van der Waals surface area (Å²) < 4.78 is 0. The van der Waals surface area contributed by atoms with Gasteiger partial charge in [0.2, 0.25) is 5.91 Å². The third-order valence-corrected chi connectivity index (χ3v) is 7.68. The molecule has 0 fully saturated rings. The van der Waals surface area contributed by atoms with Gasteiger partial charge in [0.05, 0.1) is 11.4 Å². The SMILES string of the molecule is CCCCC1C(c2ccc(C)cc2)=NN(c2ccc(Cl)cc2C)C1(C)C(=O)NCCCC(C)(C)CO. The molecule has 1 amide bonds. The quantitative estimate of drug-likeness (QED) is 0.331. The monoisotopic (exact) mass is 511 g/mol. The Morgan fingerprint density at radius 3 is 2.47 bits per heavy atom. The molecule has 36 heavy (non-hydrogen) atoms. The van der Waals surface area contributed by atoms with E-state index in [1.54, 1.807) is 0 Å². The van der Waals surface area contributed by atoms with E-state index in [1.807, 2.05) is 50.9 Å². The lowest BCUT2D eigenvalue weighted by Gasteiger charge is -2.38. The van der Waals surface area contributed by atoms with Crippen LogP contribution >= 0.6 is 11.6 Å². The molecule has 1 aliphatic heterocycles. The number of amides is 1. The van der Waals surface area contributed by atoms with Crippen LogP contribution in [0, 0.1) is 25.2 Å². The second kappa shape index (κ2) is 11.8. The number of hydrogen-bond donors (Lipinski definition) is 2. The molecule has 0 saturated carbocycles. The summed E-state index contributed by atoms with van der Waals surface area (Å²) in [6.45, 7) is 13.1. The van der Waals surface area contributed by atoms with Crippen molar-refractivity contribution in [2.75, 3.05) is 18.2 Å². The Hall–Kier alpha value is -2.37. The van der Waals surface area contributed by atoms with E-state index in [-0.39, 0.29) is 23.8 Å². The molecule has 0 bridgehead atoms. The van der Waals surface area contributed by atoms with Gasteiger partial charge in [0, 0.05) is 24.1 Å². The first-order valence-electron chi connectivity index (χ1n) is 13.1. The minimum absolute atomic E-state index is 0.0226. The van der Waals surface area contributed by atoms with Crippen molar-refractivity contribution >= 4 is 28.9 Å². The number of hydrogen-bond acceptors (Lipinski definition) is 4. The Balaban J connectivity index is 2.01. The molecule has 5 nitrogen and oxygen atoms in total. The van der Waals surface area contributed by atoms with Crippen molar-refractivity contribution in [2.24, 2.45) is 16.4 Å². The van der Waals surface area contributed by atoms with Crippen LogP contribution in [0.5, 0.6) is 0 Å². The van der Waals surface area contributed by atoms with Gasteiger partial charge in [0.15, 0.2) is 0 Å². The third-order valence-electron chi connectivity index (χ3n) is 7.44. The Morgan fingerprint density at radius 1 is 1.17 bits per heavy atom. The molecule has 1 aliphatic rings.